The van der Waals surface area contributed by atoms with E-state index >= 15 is 0 Å². The Bertz CT molecular complexity index is 494. The van der Waals surface area contributed by atoms with Gasteiger partial charge >= 0.3 is 0 Å². The van der Waals surface area contributed by atoms with Crippen molar-refractivity contribution in [1.82, 2.24) is 20.0 Å². The Morgan fingerprint density at radius 2 is 2.25 bits per heavy atom. The fourth-order valence-electron chi connectivity index (χ4n) is 1.38. The maximum absolute atomic E-state index is 4.30. The second kappa shape index (κ2) is 4.61. The van der Waals surface area contributed by atoms with E-state index in [1.54, 1.807) is 4.68 Å². The molecule has 2 rings (SSSR count). The van der Waals surface area contributed by atoms with E-state index in [2.05, 4.69) is 36.5 Å². The van der Waals surface area contributed by atoms with Gasteiger partial charge in [0.05, 0.1) is 17.9 Å². The van der Waals surface area contributed by atoms with Crippen molar-refractivity contribution in [2.45, 2.75) is 13.5 Å². The van der Waals surface area contributed by atoms with Crippen LogP contribution in [-0.2, 0) is 13.6 Å². The summed E-state index contributed by atoms with van der Waals surface area (Å²) in [6.07, 6.45) is 1.88. The Balaban J connectivity index is 2.04. The predicted molar refractivity (Wildman–Crippen MR) is 65.0 cm³/mol. The lowest BCUT2D eigenvalue weighted by Gasteiger charge is -2.06. The Hall–Kier alpha value is -1.43. The molecule has 2 aromatic rings. The first-order valence-electron chi connectivity index (χ1n) is 4.87. The number of anilines is 1. The fraction of sp³-hybridized carbons (Fsp3) is 0.300. The van der Waals surface area contributed by atoms with E-state index < -0.39 is 0 Å². The smallest absolute Gasteiger partial charge is 0.106 e. The van der Waals surface area contributed by atoms with Crippen LogP contribution in [0.3, 0.4) is 0 Å². The van der Waals surface area contributed by atoms with Crippen molar-refractivity contribution in [3.8, 4) is 0 Å². The second-order valence-electron chi connectivity index (χ2n) is 3.50. The van der Waals surface area contributed by atoms with Gasteiger partial charge in [-0.2, -0.15) is 0 Å². The number of rotatable bonds is 3. The Labute approximate surface area is 102 Å². The number of aromatic nitrogens is 4. The number of nitrogens with zero attached hydrogens (tertiary/aromatic N) is 4. The third-order valence-electron chi connectivity index (χ3n) is 2.16. The van der Waals surface area contributed by atoms with Crippen LogP contribution in [0.5, 0.6) is 0 Å². The van der Waals surface area contributed by atoms with Crippen molar-refractivity contribution in [2.75, 3.05) is 5.32 Å². The summed E-state index contributed by atoms with van der Waals surface area (Å²) < 4.78 is 2.53. The van der Waals surface area contributed by atoms with Crippen molar-refractivity contribution in [2.24, 2.45) is 7.05 Å². The van der Waals surface area contributed by atoms with Gasteiger partial charge < -0.3 is 5.32 Å². The first kappa shape index (κ1) is 11.1. The molecule has 0 aliphatic heterocycles. The molecule has 16 heavy (non-hydrogen) atoms. The van der Waals surface area contributed by atoms with E-state index in [9.17, 15) is 0 Å². The second-order valence-corrected chi connectivity index (χ2v) is 4.32. The van der Waals surface area contributed by atoms with Gasteiger partial charge in [-0.1, -0.05) is 5.21 Å². The Morgan fingerprint density at radius 3 is 2.88 bits per heavy atom. The van der Waals surface area contributed by atoms with Crippen LogP contribution in [-0.4, -0.2) is 20.0 Å². The highest BCUT2D eigenvalue weighted by molar-refractivity contribution is 9.10. The topological polar surface area (TPSA) is 55.6 Å². The largest absolute Gasteiger partial charge is 0.378 e. The molecule has 0 bridgehead atoms. The summed E-state index contributed by atoms with van der Waals surface area (Å²) >= 11 is 3.33. The Morgan fingerprint density at radius 1 is 1.44 bits per heavy atom. The van der Waals surface area contributed by atoms with E-state index in [1.165, 1.54) is 0 Å². The van der Waals surface area contributed by atoms with E-state index in [4.69, 9.17) is 0 Å². The molecule has 2 aromatic heterocycles. The molecule has 0 atom stereocenters. The van der Waals surface area contributed by atoms with Crippen molar-refractivity contribution >= 4 is 21.6 Å². The van der Waals surface area contributed by atoms with Crippen LogP contribution in [0.4, 0.5) is 5.69 Å². The third-order valence-corrected chi connectivity index (χ3v) is 2.60. The molecule has 1 N–H and O–H groups in total. The molecule has 84 valence electrons. The number of pyridine rings is 1. The minimum atomic E-state index is 0.651. The quantitative estimate of drug-likeness (QED) is 0.873. The van der Waals surface area contributed by atoms with Gasteiger partial charge in [-0.3, -0.25) is 4.68 Å². The van der Waals surface area contributed by atoms with Crippen LogP contribution in [0.15, 0.2) is 22.9 Å². The minimum Gasteiger partial charge on any atom is -0.378 e. The standard InChI is InChI=1S/C10H12BrN5/c1-7-9(3-4-10(11)13-7)12-5-8-6-16(2)15-14-8/h3-4,6,12H,5H2,1-2H3. The van der Waals surface area contributed by atoms with Crippen LogP contribution in [0, 0.1) is 6.92 Å². The lowest BCUT2D eigenvalue weighted by molar-refractivity contribution is 0.713. The third kappa shape index (κ3) is 2.57. The van der Waals surface area contributed by atoms with Crippen LogP contribution in [0.1, 0.15) is 11.4 Å². The number of hydrogen-bond donors (Lipinski definition) is 1. The van der Waals surface area contributed by atoms with Gasteiger partial charge in [-0.05, 0) is 35.0 Å². The van der Waals surface area contributed by atoms with Crippen LogP contribution < -0.4 is 5.32 Å². The van der Waals surface area contributed by atoms with Crippen molar-refractivity contribution < 1.29 is 0 Å². The average Bonchev–Trinajstić information content (AvgIpc) is 2.63. The molecule has 0 spiro atoms. The normalized spacial score (nSPS) is 10.4. The molecule has 0 aliphatic rings. The van der Waals surface area contributed by atoms with Gasteiger partial charge in [0, 0.05) is 13.2 Å². The zero-order chi connectivity index (χ0) is 11.5. The maximum atomic E-state index is 4.30. The van der Waals surface area contributed by atoms with Crippen LogP contribution >= 0.6 is 15.9 Å². The summed E-state index contributed by atoms with van der Waals surface area (Å²) in [5.41, 5.74) is 2.87. The summed E-state index contributed by atoms with van der Waals surface area (Å²) in [4.78, 5) is 4.30. The lowest BCUT2D eigenvalue weighted by atomic mass is 10.3. The van der Waals surface area contributed by atoms with Gasteiger partial charge in [0.15, 0.2) is 0 Å². The molecule has 0 fully saturated rings. The number of hydrogen-bond acceptors (Lipinski definition) is 4. The number of halogens is 1. The summed E-state index contributed by atoms with van der Waals surface area (Å²) in [6.45, 7) is 2.61. The van der Waals surface area contributed by atoms with Gasteiger partial charge in [-0.25, -0.2) is 4.98 Å². The van der Waals surface area contributed by atoms with Gasteiger partial charge in [0.1, 0.15) is 10.3 Å². The van der Waals surface area contributed by atoms with E-state index in [0.29, 0.717) is 6.54 Å². The fourth-order valence-corrected chi connectivity index (χ4v) is 1.78. The highest BCUT2D eigenvalue weighted by Crippen LogP contribution is 2.16. The molecular weight excluding hydrogens is 270 g/mol. The van der Waals surface area contributed by atoms with Gasteiger partial charge in [0.25, 0.3) is 0 Å². The van der Waals surface area contributed by atoms with E-state index in [1.807, 2.05) is 32.3 Å². The highest BCUT2D eigenvalue weighted by atomic mass is 79.9. The first-order chi connectivity index (χ1) is 7.65. The zero-order valence-corrected chi connectivity index (χ0v) is 10.7. The Kier molecular flexibility index (Phi) is 3.19. The summed E-state index contributed by atoms with van der Waals surface area (Å²) in [5.74, 6) is 0. The van der Waals surface area contributed by atoms with Crippen molar-refractivity contribution in [1.29, 1.82) is 0 Å². The van der Waals surface area contributed by atoms with Crippen molar-refractivity contribution in [3.05, 3.63) is 34.3 Å². The van der Waals surface area contributed by atoms with Crippen molar-refractivity contribution in [3.63, 3.8) is 0 Å². The number of nitrogens with one attached hydrogen (secondary N) is 1. The maximum Gasteiger partial charge on any atom is 0.106 e. The molecule has 0 saturated heterocycles. The summed E-state index contributed by atoms with van der Waals surface area (Å²) in [5, 5.41) is 11.1. The molecule has 0 radical (unpaired) electrons. The SMILES string of the molecule is Cc1nc(Br)ccc1NCc1cn(C)nn1. The molecule has 5 nitrogen and oxygen atoms in total. The average molecular weight is 282 g/mol. The van der Waals surface area contributed by atoms with E-state index in [-0.39, 0.29) is 0 Å². The molecule has 0 saturated carbocycles. The zero-order valence-electron chi connectivity index (χ0n) is 9.11. The molecule has 6 heteroatoms. The van der Waals surface area contributed by atoms with Crippen LogP contribution in [0.2, 0.25) is 0 Å². The van der Waals surface area contributed by atoms with Gasteiger partial charge in [0.2, 0.25) is 0 Å². The molecule has 0 unspecified atom stereocenters. The molecule has 2 heterocycles. The summed E-state index contributed by atoms with van der Waals surface area (Å²) in [6, 6.07) is 3.90. The van der Waals surface area contributed by atoms with Gasteiger partial charge in [-0.15, -0.1) is 5.10 Å². The first-order valence-corrected chi connectivity index (χ1v) is 5.66. The molecule has 0 aliphatic carbocycles. The minimum absolute atomic E-state index is 0.651. The number of aryl methyl sites for hydroxylation is 2. The van der Waals surface area contributed by atoms with E-state index in [0.717, 1.165) is 21.7 Å². The lowest BCUT2D eigenvalue weighted by Crippen LogP contribution is -2.02. The highest BCUT2D eigenvalue weighted by Gasteiger charge is 2.02. The monoisotopic (exact) mass is 281 g/mol. The van der Waals surface area contributed by atoms with Crippen LogP contribution in [0.25, 0.3) is 0 Å². The predicted octanol–water partition coefficient (Wildman–Crippen LogP) is 1.89. The molecule has 0 amide bonds. The molecular formula is C10H12BrN5. The summed E-state index contributed by atoms with van der Waals surface area (Å²) in [7, 11) is 1.85. The molecule has 0 aromatic carbocycles.